The number of benzene rings is 1. The van der Waals surface area contributed by atoms with Crippen molar-refractivity contribution in [2.45, 2.75) is 37.9 Å². The van der Waals surface area contributed by atoms with Crippen LogP contribution in [0.1, 0.15) is 25.7 Å². The van der Waals surface area contributed by atoms with Crippen molar-refractivity contribution in [3.8, 4) is 0 Å². The molecule has 20 heavy (non-hydrogen) atoms. The van der Waals surface area contributed by atoms with Crippen molar-refractivity contribution in [2.24, 2.45) is 5.92 Å². The number of anilines is 1. The maximum Gasteiger partial charge on any atom is 0.391 e. The van der Waals surface area contributed by atoms with Crippen LogP contribution in [0.2, 0.25) is 0 Å². The van der Waals surface area contributed by atoms with Crippen LogP contribution in [-0.2, 0) is 0 Å². The van der Waals surface area contributed by atoms with Gasteiger partial charge < -0.3 is 5.32 Å². The Morgan fingerprint density at radius 1 is 1.15 bits per heavy atom. The Kier molecular flexibility index (Phi) is 3.31. The molecule has 0 spiro atoms. The Balaban J connectivity index is 1.62. The van der Waals surface area contributed by atoms with E-state index in [1.165, 1.54) is 0 Å². The van der Waals surface area contributed by atoms with Crippen molar-refractivity contribution in [3.63, 3.8) is 0 Å². The van der Waals surface area contributed by atoms with E-state index in [9.17, 15) is 13.2 Å². The second kappa shape index (κ2) is 5.00. The van der Waals surface area contributed by atoms with E-state index in [4.69, 9.17) is 0 Å². The Morgan fingerprint density at radius 2 is 1.90 bits per heavy atom. The van der Waals surface area contributed by atoms with Crippen molar-refractivity contribution in [2.75, 3.05) is 5.32 Å². The molecule has 1 heterocycles. The highest BCUT2D eigenvalue weighted by atomic mass is 19.4. The van der Waals surface area contributed by atoms with E-state index in [1.807, 2.05) is 18.2 Å². The van der Waals surface area contributed by atoms with E-state index in [1.54, 1.807) is 6.20 Å². The quantitative estimate of drug-likeness (QED) is 0.871. The van der Waals surface area contributed by atoms with Crippen LogP contribution in [0.25, 0.3) is 10.9 Å². The number of nitrogens with one attached hydrogen (secondary N) is 2. The molecule has 1 aliphatic carbocycles. The maximum atomic E-state index is 12.6. The summed E-state index contributed by atoms with van der Waals surface area (Å²) in [6.45, 7) is 0. The molecule has 1 aromatic carbocycles. The lowest BCUT2D eigenvalue weighted by Crippen LogP contribution is -2.32. The van der Waals surface area contributed by atoms with Crippen molar-refractivity contribution in [1.29, 1.82) is 0 Å². The van der Waals surface area contributed by atoms with Gasteiger partial charge in [0, 0.05) is 17.1 Å². The lowest BCUT2D eigenvalue weighted by atomic mass is 9.85. The van der Waals surface area contributed by atoms with E-state index < -0.39 is 12.1 Å². The molecule has 108 valence electrons. The molecule has 0 radical (unpaired) electrons. The van der Waals surface area contributed by atoms with Gasteiger partial charge >= 0.3 is 6.18 Å². The second-order valence-electron chi connectivity index (χ2n) is 5.41. The van der Waals surface area contributed by atoms with Gasteiger partial charge in [-0.05, 0) is 43.9 Å². The number of rotatable bonds is 2. The molecule has 0 unspecified atom stereocenters. The van der Waals surface area contributed by atoms with Crippen LogP contribution in [0.5, 0.6) is 0 Å². The molecule has 2 aromatic rings. The number of alkyl halides is 3. The van der Waals surface area contributed by atoms with Crippen LogP contribution in [0.3, 0.4) is 0 Å². The highest BCUT2D eigenvalue weighted by molar-refractivity contribution is 5.81. The van der Waals surface area contributed by atoms with E-state index in [2.05, 4.69) is 15.5 Å². The standard InChI is InChI=1S/C14H16F3N3/c15-14(16,17)10-2-5-11(6-3-10)19-12-4-1-9-8-18-20-13(9)7-12/h1,4,7-8,10-11,19H,2-3,5-6H2,(H,18,20). The van der Waals surface area contributed by atoms with E-state index in [0.29, 0.717) is 12.8 Å². The molecule has 0 bridgehead atoms. The molecular weight excluding hydrogens is 267 g/mol. The van der Waals surface area contributed by atoms with Gasteiger partial charge in [0.05, 0.1) is 17.6 Å². The number of H-pyrrole nitrogens is 1. The molecule has 6 heteroatoms. The number of fused-ring (bicyclic) bond motifs is 1. The number of nitrogens with zero attached hydrogens (tertiary/aromatic N) is 1. The molecule has 0 atom stereocenters. The van der Waals surface area contributed by atoms with Gasteiger partial charge in [-0.3, -0.25) is 5.10 Å². The molecule has 2 N–H and O–H groups in total. The zero-order chi connectivity index (χ0) is 14.2. The van der Waals surface area contributed by atoms with Gasteiger partial charge in [-0.25, -0.2) is 0 Å². The first kappa shape index (κ1) is 13.3. The molecule has 0 amide bonds. The van der Waals surface area contributed by atoms with E-state index >= 15 is 0 Å². The average molecular weight is 283 g/mol. The lowest BCUT2D eigenvalue weighted by Gasteiger charge is -2.30. The number of hydrogen-bond acceptors (Lipinski definition) is 2. The summed E-state index contributed by atoms with van der Waals surface area (Å²) in [6.07, 6.45) is -0.745. The monoisotopic (exact) mass is 283 g/mol. The third-order valence-electron chi connectivity index (χ3n) is 4.00. The molecule has 1 fully saturated rings. The minimum atomic E-state index is -4.04. The van der Waals surface area contributed by atoms with Crippen LogP contribution in [0, 0.1) is 5.92 Å². The SMILES string of the molecule is FC(F)(F)C1CCC(Nc2ccc3cn[nH]c3c2)CC1. The van der Waals surface area contributed by atoms with Crippen LogP contribution in [-0.4, -0.2) is 22.4 Å². The Labute approximate surface area is 114 Å². The zero-order valence-corrected chi connectivity index (χ0v) is 10.9. The van der Waals surface area contributed by atoms with Gasteiger partial charge in [-0.2, -0.15) is 18.3 Å². The summed E-state index contributed by atoms with van der Waals surface area (Å²) in [4.78, 5) is 0. The molecule has 1 saturated carbocycles. The van der Waals surface area contributed by atoms with Crippen LogP contribution >= 0.6 is 0 Å². The zero-order valence-electron chi connectivity index (χ0n) is 10.9. The summed E-state index contributed by atoms with van der Waals surface area (Å²) in [6, 6.07) is 5.95. The summed E-state index contributed by atoms with van der Waals surface area (Å²) >= 11 is 0. The first-order chi connectivity index (χ1) is 9.52. The highest BCUT2D eigenvalue weighted by Gasteiger charge is 2.41. The molecule has 3 nitrogen and oxygen atoms in total. The molecular formula is C14H16F3N3. The lowest BCUT2D eigenvalue weighted by molar-refractivity contribution is -0.182. The number of aromatic amines is 1. The summed E-state index contributed by atoms with van der Waals surface area (Å²) in [5.41, 5.74) is 1.86. The van der Waals surface area contributed by atoms with Gasteiger partial charge in [0.25, 0.3) is 0 Å². The first-order valence-corrected chi connectivity index (χ1v) is 6.79. The fourth-order valence-electron chi connectivity index (χ4n) is 2.83. The van der Waals surface area contributed by atoms with E-state index in [-0.39, 0.29) is 18.9 Å². The predicted octanol–water partition coefficient (Wildman–Crippen LogP) is 4.10. The third-order valence-corrected chi connectivity index (χ3v) is 4.00. The third kappa shape index (κ3) is 2.73. The Hall–Kier alpha value is -1.72. The van der Waals surface area contributed by atoms with Crippen LogP contribution in [0.15, 0.2) is 24.4 Å². The largest absolute Gasteiger partial charge is 0.391 e. The molecule has 1 aromatic heterocycles. The number of hydrogen-bond donors (Lipinski definition) is 2. The minimum absolute atomic E-state index is 0.119. The van der Waals surface area contributed by atoms with Gasteiger partial charge in [-0.1, -0.05) is 0 Å². The number of halogens is 3. The van der Waals surface area contributed by atoms with Crippen molar-refractivity contribution in [3.05, 3.63) is 24.4 Å². The fraction of sp³-hybridized carbons (Fsp3) is 0.500. The molecule has 0 aliphatic heterocycles. The van der Waals surface area contributed by atoms with Crippen molar-refractivity contribution >= 4 is 16.6 Å². The maximum absolute atomic E-state index is 12.6. The molecule has 1 aliphatic rings. The normalized spacial score (nSPS) is 23.9. The van der Waals surface area contributed by atoms with Gasteiger partial charge in [-0.15, -0.1) is 0 Å². The van der Waals surface area contributed by atoms with Gasteiger partial charge in [0.1, 0.15) is 0 Å². The van der Waals surface area contributed by atoms with Crippen LogP contribution in [0.4, 0.5) is 18.9 Å². The van der Waals surface area contributed by atoms with Crippen molar-refractivity contribution < 1.29 is 13.2 Å². The summed E-state index contributed by atoms with van der Waals surface area (Å²) in [5, 5.41) is 11.2. The molecule has 3 rings (SSSR count). The Morgan fingerprint density at radius 3 is 2.60 bits per heavy atom. The summed E-state index contributed by atoms with van der Waals surface area (Å²) in [7, 11) is 0. The second-order valence-corrected chi connectivity index (χ2v) is 5.41. The summed E-state index contributed by atoms with van der Waals surface area (Å²) < 4.78 is 37.8. The van der Waals surface area contributed by atoms with E-state index in [0.717, 1.165) is 16.6 Å². The smallest absolute Gasteiger partial charge is 0.382 e. The van der Waals surface area contributed by atoms with Gasteiger partial charge in [0.15, 0.2) is 0 Å². The minimum Gasteiger partial charge on any atom is -0.382 e. The predicted molar refractivity (Wildman–Crippen MR) is 71.5 cm³/mol. The van der Waals surface area contributed by atoms with Crippen molar-refractivity contribution in [1.82, 2.24) is 10.2 Å². The molecule has 0 saturated heterocycles. The van der Waals surface area contributed by atoms with Crippen LogP contribution < -0.4 is 5.32 Å². The fourth-order valence-corrected chi connectivity index (χ4v) is 2.83. The topological polar surface area (TPSA) is 40.7 Å². The Bertz CT molecular complexity index is 583. The summed E-state index contributed by atoms with van der Waals surface area (Å²) in [5.74, 6) is -1.13. The average Bonchev–Trinajstić information content (AvgIpc) is 2.86. The highest BCUT2D eigenvalue weighted by Crippen LogP contribution is 2.38. The van der Waals surface area contributed by atoms with Gasteiger partial charge in [0.2, 0.25) is 0 Å². The first-order valence-electron chi connectivity index (χ1n) is 6.79. The number of aromatic nitrogens is 2.